The summed E-state index contributed by atoms with van der Waals surface area (Å²) in [5.41, 5.74) is 5.96. The van der Waals surface area contributed by atoms with E-state index < -0.39 is 25.5 Å². The molecule has 0 aliphatic rings. The molecule has 3 N–H and O–H groups in total. The van der Waals surface area contributed by atoms with E-state index in [1.165, 1.54) is 19.2 Å². The molecule has 0 saturated heterocycles. The SMILES string of the molecule is COc1ccc(N=S(=O)=O)cc1S(=O)(=O)O.Nc1cccc(Cl)c1. The maximum Gasteiger partial charge on any atom is 0.316 e. The largest absolute Gasteiger partial charge is 0.495 e. The van der Waals surface area contributed by atoms with E-state index in [0.717, 1.165) is 6.07 Å². The van der Waals surface area contributed by atoms with Gasteiger partial charge in [0.25, 0.3) is 10.1 Å². The maximum absolute atomic E-state index is 10.9. The highest BCUT2D eigenvalue weighted by molar-refractivity contribution is 7.86. The molecule has 0 spiro atoms. The third-order valence-electron chi connectivity index (χ3n) is 2.45. The van der Waals surface area contributed by atoms with Gasteiger partial charge >= 0.3 is 10.5 Å². The Bertz CT molecular complexity index is 933. The van der Waals surface area contributed by atoms with E-state index in [1.54, 1.807) is 18.2 Å². The lowest BCUT2D eigenvalue weighted by molar-refractivity contribution is 0.397. The number of rotatable bonds is 3. The van der Waals surface area contributed by atoms with Crippen molar-refractivity contribution >= 4 is 43.6 Å². The fourth-order valence-corrected chi connectivity index (χ4v) is 2.68. The minimum absolute atomic E-state index is 0.0990. The number of nitrogen functional groups attached to an aromatic ring is 1. The molecule has 2 aromatic rings. The molecule has 0 aromatic heterocycles. The third-order valence-corrected chi connectivity index (χ3v) is 3.92. The summed E-state index contributed by atoms with van der Waals surface area (Å²) in [6.07, 6.45) is 0. The van der Waals surface area contributed by atoms with Gasteiger partial charge in [-0.25, -0.2) is 0 Å². The number of hydrogen-bond donors (Lipinski definition) is 2. The molecule has 24 heavy (non-hydrogen) atoms. The van der Waals surface area contributed by atoms with Crippen LogP contribution in [0, 0.1) is 0 Å². The predicted molar refractivity (Wildman–Crippen MR) is 89.7 cm³/mol. The van der Waals surface area contributed by atoms with Gasteiger partial charge in [-0.2, -0.15) is 16.8 Å². The van der Waals surface area contributed by atoms with Crippen molar-refractivity contribution in [2.24, 2.45) is 4.36 Å². The van der Waals surface area contributed by atoms with Crippen LogP contribution in [-0.2, 0) is 20.6 Å². The van der Waals surface area contributed by atoms with E-state index in [4.69, 9.17) is 26.6 Å². The summed E-state index contributed by atoms with van der Waals surface area (Å²) in [6, 6.07) is 10.4. The molecular weight excluding hydrogens is 380 g/mol. The highest BCUT2D eigenvalue weighted by Crippen LogP contribution is 2.28. The molecule has 8 nitrogen and oxygen atoms in total. The number of methoxy groups -OCH3 is 1. The van der Waals surface area contributed by atoms with Crippen LogP contribution in [0.4, 0.5) is 11.4 Å². The highest BCUT2D eigenvalue weighted by Gasteiger charge is 2.16. The van der Waals surface area contributed by atoms with E-state index >= 15 is 0 Å². The molecule has 11 heteroatoms. The first kappa shape index (κ1) is 19.9. The molecule has 0 bridgehead atoms. The van der Waals surface area contributed by atoms with Crippen LogP contribution in [0.3, 0.4) is 0 Å². The quantitative estimate of drug-likeness (QED) is 0.604. The van der Waals surface area contributed by atoms with Crippen LogP contribution in [0.2, 0.25) is 5.02 Å². The Morgan fingerprint density at radius 3 is 2.29 bits per heavy atom. The second-order valence-electron chi connectivity index (χ2n) is 4.17. The summed E-state index contributed by atoms with van der Waals surface area (Å²) >= 11 is 5.56. The number of ether oxygens (including phenoxy) is 1. The van der Waals surface area contributed by atoms with Crippen LogP contribution >= 0.6 is 11.6 Å². The number of benzene rings is 2. The zero-order chi connectivity index (χ0) is 18.3. The lowest BCUT2D eigenvalue weighted by atomic mass is 10.3. The van der Waals surface area contributed by atoms with Gasteiger partial charge in [-0.1, -0.05) is 17.7 Å². The molecule has 130 valence electrons. The van der Waals surface area contributed by atoms with Crippen molar-refractivity contribution < 1.29 is 26.1 Å². The Kier molecular flexibility index (Phi) is 7.17. The van der Waals surface area contributed by atoms with Crippen molar-refractivity contribution in [1.29, 1.82) is 0 Å². The van der Waals surface area contributed by atoms with Crippen molar-refractivity contribution in [3.63, 3.8) is 0 Å². The monoisotopic (exact) mass is 392 g/mol. The minimum atomic E-state index is -4.49. The average molecular weight is 393 g/mol. The number of anilines is 1. The fourth-order valence-electron chi connectivity index (χ4n) is 1.52. The maximum atomic E-state index is 10.9. The number of nitrogens with two attached hydrogens (primary N) is 1. The molecule has 0 aliphatic carbocycles. The first-order chi connectivity index (χ1) is 11.1. The summed E-state index contributed by atoms with van der Waals surface area (Å²) in [5.74, 6) is -0.0990. The first-order valence-electron chi connectivity index (χ1n) is 6.11. The summed E-state index contributed by atoms with van der Waals surface area (Å²) in [4.78, 5) is -0.540. The van der Waals surface area contributed by atoms with Crippen LogP contribution in [-0.4, -0.2) is 28.5 Å². The molecule has 0 fully saturated rings. The molecule has 0 atom stereocenters. The Hall–Kier alpha value is -2.14. The second kappa shape index (κ2) is 8.64. The molecule has 0 unspecified atom stereocenters. The molecule has 0 saturated carbocycles. The van der Waals surface area contributed by atoms with Crippen LogP contribution < -0.4 is 10.5 Å². The lowest BCUT2D eigenvalue weighted by Gasteiger charge is -2.05. The predicted octanol–water partition coefficient (Wildman–Crippen LogP) is 2.56. The third kappa shape index (κ3) is 6.54. The van der Waals surface area contributed by atoms with Gasteiger partial charge in [0.2, 0.25) is 0 Å². The van der Waals surface area contributed by atoms with Gasteiger partial charge in [-0.15, -0.1) is 4.36 Å². The van der Waals surface area contributed by atoms with Gasteiger partial charge in [0.05, 0.1) is 12.8 Å². The fraction of sp³-hybridized carbons (Fsp3) is 0.0769. The smallest absolute Gasteiger partial charge is 0.316 e. The van der Waals surface area contributed by atoms with E-state index in [2.05, 4.69) is 4.36 Å². The normalized spacial score (nSPS) is 10.3. The molecule has 0 radical (unpaired) electrons. The number of nitrogens with zero attached hydrogens (tertiary/aromatic N) is 1. The van der Waals surface area contributed by atoms with E-state index in [9.17, 15) is 16.8 Å². The van der Waals surface area contributed by atoms with Gasteiger partial charge < -0.3 is 10.5 Å². The summed E-state index contributed by atoms with van der Waals surface area (Å²) < 4.78 is 59.1. The number of hydrogen-bond acceptors (Lipinski definition) is 7. The summed E-state index contributed by atoms with van der Waals surface area (Å²) in [5, 5.41) is 0.685. The Balaban J connectivity index is 0.000000300. The zero-order valence-electron chi connectivity index (χ0n) is 12.2. The number of halogens is 1. The standard InChI is InChI=1S/C7H7NO6S2.C6H6ClN/c1-14-6-3-2-5(8-15(9)10)4-7(6)16(11,12)13;7-5-2-1-3-6(8)4-5/h2-4H,1H3,(H,11,12,13);1-4H,8H2. The van der Waals surface area contributed by atoms with Gasteiger partial charge in [-0.3, -0.25) is 4.55 Å². The average Bonchev–Trinajstić information content (AvgIpc) is 2.46. The molecular formula is C13H13ClN2O6S2. The lowest BCUT2D eigenvalue weighted by Crippen LogP contribution is -2.00. The van der Waals surface area contributed by atoms with E-state index in [0.29, 0.717) is 10.7 Å². The van der Waals surface area contributed by atoms with Crippen molar-refractivity contribution in [1.82, 2.24) is 0 Å². The Labute approximate surface area is 145 Å². The topological polar surface area (TPSA) is 136 Å². The molecule has 0 aliphatic heterocycles. The molecule has 0 amide bonds. The zero-order valence-corrected chi connectivity index (χ0v) is 14.6. The van der Waals surface area contributed by atoms with Crippen LogP contribution in [0.25, 0.3) is 0 Å². The Morgan fingerprint density at radius 1 is 1.21 bits per heavy atom. The van der Waals surface area contributed by atoms with Crippen LogP contribution in [0.15, 0.2) is 51.7 Å². The first-order valence-corrected chi connectivity index (χ1v) is 8.96. The van der Waals surface area contributed by atoms with E-state index in [1.807, 2.05) is 6.07 Å². The molecule has 0 heterocycles. The summed E-state index contributed by atoms with van der Waals surface area (Å²) in [7, 11) is -5.98. The van der Waals surface area contributed by atoms with Gasteiger partial charge in [0.15, 0.2) is 0 Å². The van der Waals surface area contributed by atoms with Crippen molar-refractivity contribution in [2.45, 2.75) is 4.90 Å². The Morgan fingerprint density at radius 2 is 1.88 bits per heavy atom. The van der Waals surface area contributed by atoms with Crippen molar-refractivity contribution in [2.75, 3.05) is 12.8 Å². The van der Waals surface area contributed by atoms with Gasteiger partial charge in [0, 0.05) is 10.7 Å². The van der Waals surface area contributed by atoms with Gasteiger partial charge in [-0.05, 0) is 36.4 Å². The molecule has 2 aromatic carbocycles. The van der Waals surface area contributed by atoms with Crippen LogP contribution in [0.1, 0.15) is 0 Å². The van der Waals surface area contributed by atoms with Crippen molar-refractivity contribution in [3.8, 4) is 5.75 Å². The second-order valence-corrected chi connectivity index (χ2v) is 6.62. The highest BCUT2D eigenvalue weighted by atomic mass is 35.5. The van der Waals surface area contributed by atoms with Crippen molar-refractivity contribution in [3.05, 3.63) is 47.5 Å². The minimum Gasteiger partial charge on any atom is -0.495 e. The summed E-state index contributed by atoms with van der Waals surface area (Å²) in [6.45, 7) is 0. The van der Waals surface area contributed by atoms with Crippen LogP contribution in [0.5, 0.6) is 5.75 Å². The van der Waals surface area contributed by atoms with E-state index in [-0.39, 0.29) is 11.4 Å². The molecule has 2 rings (SSSR count). The van der Waals surface area contributed by atoms with Gasteiger partial charge in [0.1, 0.15) is 10.6 Å².